The van der Waals surface area contributed by atoms with E-state index in [-0.39, 0.29) is 57.1 Å². The van der Waals surface area contributed by atoms with E-state index in [1.165, 1.54) is 22.8 Å². The summed E-state index contributed by atoms with van der Waals surface area (Å²) in [7, 11) is 0. The number of amides is 3. The molecule has 234 valence electrons. The Morgan fingerprint density at radius 3 is 2.30 bits per heavy atom. The second-order valence-electron chi connectivity index (χ2n) is 11.3. The lowest BCUT2D eigenvalue weighted by atomic mass is 10.1. The highest BCUT2D eigenvalue weighted by Gasteiger charge is 2.32. The zero-order chi connectivity index (χ0) is 31.9. The van der Waals surface area contributed by atoms with Gasteiger partial charge in [-0.1, -0.05) is 6.07 Å². The van der Waals surface area contributed by atoms with Crippen LogP contribution in [0.4, 0.5) is 4.79 Å². The van der Waals surface area contributed by atoms with Gasteiger partial charge in [-0.15, -0.1) is 0 Å². The largest absolute Gasteiger partial charge is 0.479 e. The summed E-state index contributed by atoms with van der Waals surface area (Å²) in [5.41, 5.74) is 0.460. The van der Waals surface area contributed by atoms with Crippen LogP contribution in [-0.4, -0.2) is 100 Å². The van der Waals surface area contributed by atoms with E-state index in [9.17, 15) is 29.1 Å². The van der Waals surface area contributed by atoms with Crippen molar-refractivity contribution in [3.8, 4) is 5.75 Å². The van der Waals surface area contributed by atoms with Crippen LogP contribution in [0.15, 0.2) is 24.3 Å². The molecule has 2 aromatic rings. The van der Waals surface area contributed by atoms with Gasteiger partial charge in [0.25, 0.3) is 5.91 Å². The molecule has 13 heteroatoms. The number of aliphatic carboxylic acids is 1. The fourth-order valence-electron chi connectivity index (χ4n) is 4.45. The van der Waals surface area contributed by atoms with Gasteiger partial charge in [-0.25, -0.2) is 14.6 Å². The molecule has 13 nitrogen and oxygen atoms in total. The fraction of sp³-hybridized carbons (Fsp3) is 0.533. The highest BCUT2D eigenvalue weighted by Crippen LogP contribution is 2.28. The van der Waals surface area contributed by atoms with Crippen LogP contribution in [0.5, 0.6) is 5.75 Å². The predicted octanol–water partition coefficient (Wildman–Crippen LogP) is 2.92. The van der Waals surface area contributed by atoms with Gasteiger partial charge in [-0.2, -0.15) is 0 Å². The average Bonchev–Trinajstić information content (AvgIpc) is 2.93. The third-order valence-corrected chi connectivity index (χ3v) is 6.59. The van der Waals surface area contributed by atoms with Crippen molar-refractivity contribution < 1.29 is 43.3 Å². The SMILES string of the molecule is CCOC(=O)N1CCN(C(=O)C(CCC(=O)OC(C)(C)C)NC(=O)c2cc(O[C@H](C)C(=O)O)c3ccc(C)cc3n2)CC1. The molecule has 1 aliphatic rings. The Hall–Kier alpha value is -4.42. The Balaban J connectivity index is 1.86. The van der Waals surface area contributed by atoms with Crippen molar-refractivity contribution in [2.24, 2.45) is 0 Å². The summed E-state index contributed by atoms with van der Waals surface area (Å²) in [5, 5.41) is 12.6. The molecule has 0 saturated carbocycles. The molecule has 1 saturated heterocycles. The molecule has 2 atom stereocenters. The zero-order valence-electron chi connectivity index (χ0n) is 25.5. The van der Waals surface area contributed by atoms with Gasteiger partial charge in [-0.3, -0.25) is 14.4 Å². The van der Waals surface area contributed by atoms with Crippen molar-refractivity contribution in [2.45, 2.75) is 72.1 Å². The van der Waals surface area contributed by atoms with Gasteiger partial charge in [0.05, 0.1) is 12.1 Å². The van der Waals surface area contributed by atoms with E-state index in [1.807, 2.05) is 13.0 Å². The maximum atomic E-state index is 13.6. The number of benzene rings is 1. The van der Waals surface area contributed by atoms with Gasteiger partial charge in [-0.05, 0) is 65.7 Å². The Bertz CT molecular complexity index is 1360. The minimum absolute atomic E-state index is 0.0380. The van der Waals surface area contributed by atoms with E-state index >= 15 is 0 Å². The number of fused-ring (bicyclic) bond motifs is 1. The van der Waals surface area contributed by atoms with E-state index in [0.29, 0.717) is 10.9 Å². The number of rotatable bonds is 10. The van der Waals surface area contributed by atoms with Crippen molar-refractivity contribution in [3.63, 3.8) is 0 Å². The summed E-state index contributed by atoms with van der Waals surface area (Å²) in [6.45, 7) is 11.3. The van der Waals surface area contributed by atoms with Gasteiger partial charge in [0.2, 0.25) is 5.91 Å². The number of esters is 1. The highest BCUT2D eigenvalue weighted by atomic mass is 16.6. The lowest BCUT2D eigenvalue weighted by molar-refractivity contribution is -0.155. The molecular weight excluding hydrogens is 560 g/mol. The minimum Gasteiger partial charge on any atom is -0.479 e. The maximum absolute atomic E-state index is 13.6. The van der Waals surface area contributed by atoms with E-state index < -0.39 is 47.6 Å². The Labute approximate surface area is 250 Å². The lowest BCUT2D eigenvalue weighted by Crippen LogP contribution is -2.56. The number of nitrogens with one attached hydrogen (secondary N) is 1. The van der Waals surface area contributed by atoms with E-state index in [1.54, 1.807) is 39.8 Å². The number of carbonyl (C=O) groups is 5. The molecule has 43 heavy (non-hydrogen) atoms. The van der Waals surface area contributed by atoms with E-state index in [4.69, 9.17) is 14.2 Å². The average molecular weight is 601 g/mol. The first-order valence-corrected chi connectivity index (χ1v) is 14.2. The molecular formula is C30H40N4O9. The van der Waals surface area contributed by atoms with Gasteiger partial charge < -0.3 is 34.4 Å². The van der Waals surface area contributed by atoms with Gasteiger partial charge in [0, 0.05) is 44.1 Å². The standard InChI is InChI=1S/C30H40N4O9/c1-7-41-29(40)34-14-12-33(13-15-34)27(37)21(10-11-25(35)43-30(4,5)6)32-26(36)23-17-24(42-19(3)28(38)39)20-9-8-18(2)16-22(20)31-23/h8-9,16-17,19,21H,7,10-15H2,1-6H3,(H,32,36)(H,38,39)/t19-,21?/m1/s1. The van der Waals surface area contributed by atoms with E-state index in [0.717, 1.165) is 5.56 Å². The molecule has 2 heterocycles. The topological polar surface area (TPSA) is 165 Å². The van der Waals surface area contributed by atoms with Crippen LogP contribution in [0.1, 0.15) is 63.5 Å². The smallest absolute Gasteiger partial charge is 0.409 e. The van der Waals surface area contributed by atoms with Crippen molar-refractivity contribution in [2.75, 3.05) is 32.8 Å². The molecule has 0 spiro atoms. The van der Waals surface area contributed by atoms with E-state index in [2.05, 4.69) is 10.3 Å². The monoisotopic (exact) mass is 600 g/mol. The minimum atomic E-state index is -1.20. The van der Waals surface area contributed by atoms with Crippen molar-refractivity contribution >= 4 is 40.7 Å². The van der Waals surface area contributed by atoms with Crippen LogP contribution in [-0.2, 0) is 23.9 Å². The number of piperazine rings is 1. The lowest BCUT2D eigenvalue weighted by Gasteiger charge is -2.36. The van der Waals surface area contributed by atoms with Crippen LogP contribution in [0, 0.1) is 6.92 Å². The van der Waals surface area contributed by atoms with Crippen LogP contribution in [0.2, 0.25) is 0 Å². The molecule has 3 rings (SSSR count). The van der Waals surface area contributed by atoms with Gasteiger partial charge >= 0.3 is 18.0 Å². The fourth-order valence-corrected chi connectivity index (χ4v) is 4.45. The third kappa shape index (κ3) is 9.29. The molecule has 0 radical (unpaired) electrons. The molecule has 1 aromatic carbocycles. The highest BCUT2D eigenvalue weighted by molar-refractivity contribution is 5.99. The number of hydrogen-bond donors (Lipinski definition) is 2. The number of aromatic nitrogens is 1. The second-order valence-corrected chi connectivity index (χ2v) is 11.3. The van der Waals surface area contributed by atoms with Gasteiger partial charge in [0.1, 0.15) is 23.1 Å². The quantitative estimate of drug-likeness (QED) is 0.388. The summed E-state index contributed by atoms with van der Waals surface area (Å²) in [6.07, 6.45) is -1.83. The molecule has 0 bridgehead atoms. The predicted molar refractivity (Wildman–Crippen MR) is 156 cm³/mol. The van der Waals surface area contributed by atoms with Gasteiger partial charge in [0.15, 0.2) is 6.10 Å². The number of carbonyl (C=O) groups excluding carboxylic acids is 4. The third-order valence-electron chi connectivity index (χ3n) is 6.59. The second kappa shape index (κ2) is 14.2. The number of ether oxygens (including phenoxy) is 3. The Kier molecular flexibility index (Phi) is 10.9. The Morgan fingerprint density at radius 2 is 1.70 bits per heavy atom. The molecule has 1 aromatic heterocycles. The molecule has 3 amide bonds. The van der Waals surface area contributed by atoms with Crippen LogP contribution in [0.3, 0.4) is 0 Å². The normalized spacial score (nSPS) is 14.9. The first-order valence-electron chi connectivity index (χ1n) is 14.2. The Morgan fingerprint density at radius 1 is 1.05 bits per heavy atom. The zero-order valence-corrected chi connectivity index (χ0v) is 25.5. The summed E-state index contributed by atoms with van der Waals surface area (Å²) in [6, 6.07) is 5.51. The number of carboxylic acid groups (broad SMARTS) is 1. The molecule has 2 N–H and O–H groups in total. The summed E-state index contributed by atoms with van der Waals surface area (Å²) in [4.78, 5) is 70.7. The van der Waals surface area contributed by atoms with Crippen LogP contribution >= 0.6 is 0 Å². The number of hydrogen-bond acceptors (Lipinski definition) is 9. The number of pyridine rings is 1. The molecule has 0 aliphatic carbocycles. The maximum Gasteiger partial charge on any atom is 0.409 e. The van der Waals surface area contributed by atoms with Crippen molar-refractivity contribution in [1.82, 2.24) is 20.1 Å². The number of nitrogens with zero attached hydrogens (tertiary/aromatic N) is 3. The first-order chi connectivity index (χ1) is 20.2. The summed E-state index contributed by atoms with van der Waals surface area (Å²) >= 11 is 0. The van der Waals surface area contributed by atoms with Crippen molar-refractivity contribution in [3.05, 3.63) is 35.5 Å². The van der Waals surface area contributed by atoms with Crippen LogP contribution < -0.4 is 10.1 Å². The summed E-state index contributed by atoms with van der Waals surface area (Å²) < 4.78 is 16.1. The molecule has 1 aliphatic heterocycles. The molecule has 1 fully saturated rings. The number of aryl methyl sites for hydroxylation is 1. The first kappa shape index (κ1) is 33.1. The molecule has 1 unspecified atom stereocenters. The number of carboxylic acids is 1. The summed E-state index contributed by atoms with van der Waals surface area (Å²) in [5.74, 6) is -2.68. The van der Waals surface area contributed by atoms with Crippen molar-refractivity contribution in [1.29, 1.82) is 0 Å². The van der Waals surface area contributed by atoms with Crippen LogP contribution in [0.25, 0.3) is 10.9 Å².